The molecule has 0 saturated carbocycles. The number of carbonyl (C=O) groups is 1. The highest BCUT2D eigenvalue weighted by molar-refractivity contribution is 6.99. The van der Waals surface area contributed by atoms with Crippen LogP contribution in [0.1, 0.15) is 27.2 Å². The van der Waals surface area contributed by atoms with Gasteiger partial charge in [0, 0.05) is 6.42 Å². The molecule has 3 nitrogen and oxygen atoms in total. The maximum absolute atomic E-state index is 11.8. The van der Waals surface area contributed by atoms with Gasteiger partial charge in [0.2, 0.25) is 0 Å². The van der Waals surface area contributed by atoms with Crippen LogP contribution in [0.5, 0.6) is 0 Å². The lowest BCUT2D eigenvalue weighted by Crippen LogP contribution is -2.04. The summed E-state index contributed by atoms with van der Waals surface area (Å²) in [6.07, 6.45) is 1.92. The van der Waals surface area contributed by atoms with Crippen molar-refractivity contribution in [3.63, 3.8) is 0 Å². The molecule has 0 amide bonds. The molecule has 1 aromatic heterocycles. The van der Waals surface area contributed by atoms with E-state index in [9.17, 15) is 4.79 Å². The van der Waals surface area contributed by atoms with E-state index in [-0.39, 0.29) is 5.78 Å². The first kappa shape index (κ1) is 11.0. The molecule has 0 bridgehead atoms. The first-order chi connectivity index (χ1) is 7.65. The zero-order valence-corrected chi connectivity index (χ0v) is 10.0. The number of carbonyl (C=O) groups excluding carboxylic acids is 1. The van der Waals surface area contributed by atoms with E-state index in [2.05, 4.69) is 14.8 Å². The summed E-state index contributed by atoms with van der Waals surface area (Å²) < 4.78 is 7.77. The van der Waals surface area contributed by atoms with Gasteiger partial charge < -0.3 is 0 Å². The van der Waals surface area contributed by atoms with E-state index in [1.54, 1.807) is 0 Å². The molecule has 0 aliphatic heterocycles. The molecule has 0 aliphatic rings. The molecule has 0 aliphatic carbocycles. The zero-order valence-electron chi connectivity index (χ0n) is 9.23. The summed E-state index contributed by atoms with van der Waals surface area (Å²) in [5, 5.41) is 0. The minimum absolute atomic E-state index is 0.0266. The van der Waals surface area contributed by atoms with Gasteiger partial charge in [0.25, 0.3) is 0 Å². The molecular formula is C12H12N2OS. The minimum atomic E-state index is 0.0266. The topological polar surface area (TPSA) is 42.9 Å². The SMILES string of the molecule is Cc1cc(C)cc(CC(=O)c2cnsn2)c1. The Bertz CT molecular complexity index is 485. The number of Topliss-reactive ketones (excluding diaryl/α,β-unsaturated/α-hetero) is 1. The molecule has 82 valence electrons. The molecule has 0 spiro atoms. The second-order valence-corrected chi connectivity index (χ2v) is 4.45. The Labute approximate surface area is 98.5 Å². The van der Waals surface area contributed by atoms with E-state index in [1.165, 1.54) is 17.3 Å². The molecule has 0 unspecified atom stereocenters. The highest BCUT2D eigenvalue weighted by Crippen LogP contribution is 2.11. The number of aryl methyl sites for hydroxylation is 2. The van der Waals surface area contributed by atoms with Gasteiger partial charge in [0.15, 0.2) is 5.78 Å². The molecule has 16 heavy (non-hydrogen) atoms. The summed E-state index contributed by atoms with van der Waals surface area (Å²) in [4.78, 5) is 11.8. The predicted octanol–water partition coefficient (Wildman–Crippen LogP) is 2.58. The molecule has 2 aromatic rings. The quantitative estimate of drug-likeness (QED) is 0.764. The highest BCUT2D eigenvalue weighted by Gasteiger charge is 2.10. The van der Waals surface area contributed by atoms with Gasteiger partial charge in [-0.15, -0.1) is 0 Å². The lowest BCUT2D eigenvalue weighted by molar-refractivity contribution is 0.0989. The first-order valence-electron chi connectivity index (χ1n) is 5.03. The Balaban J connectivity index is 2.18. The maximum atomic E-state index is 11.8. The van der Waals surface area contributed by atoms with E-state index in [0.717, 1.165) is 17.3 Å². The third-order valence-corrected chi connectivity index (χ3v) is 2.77. The fourth-order valence-corrected chi connectivity index (χ4v) is 2.17. The Morgan fingerprint density at radius 1 is 1.25 bits per heavy atom. The first-order valence-corrected chi connectivity index (χ1v) is 5.76. The van der Waals surface area contributed by atoms with Crippen LogP contribution >= 0.6 is 11.7 Å². The predicted molar refractivity (Wildman–Crippen MR) is 63.9 cm³/mol. The van der Waals surface area contributed by atoms with Crippen LogP contribution in [-0.4, -0.2) is 14.5 Å². The number of rotatable bonds is 3. The van der Waals surface area contributed by atoms with Gasteiger partial charge in [-0.3, -0.25) is 4.79 Å². The van der Waals surface area contributed by atoms with Gasteiger partial charge in [0.1, 0.15) is 5.69 Å². The van der Waals surface area contributed by atoms with Crippen LogP contribution in [0, 0.1) is 13.8 Å². The summed E-state index contributed by atoms with van der Waals surface area (Å²) in [5.41, 5.74) is 3.86. The fourth-order valence-electron chi connectivity index (χ4n) is 1.73. The van der Waals surface area contributed by atoms with Crippen molar-refractivity contribution in [3.8, 4) is 0 Å². The summed E-state index contributed by atoms with van der Waals surface area (Å²) in [6, 6.07) is 6.16. The third-order valence-electron chi connectivity index (χ3n) is 2.29. The Hall–Kier alpha value is -1.55. The van der Waals surface area contributed by atoms with E-state index < -0.39 is 0 Å². The van der Waals surface area contributed by atoms with E-state index in [4.69, 9.17) is 0 Å². The van der Waals surface area contributed by atoms with E-state index in [1.807, 2.05) is 26.0 Å². The van der Waals surface area contributed by atoms with Gasteiger partial charge in [0.05, 0.1) is 17.9 Å². The van der Waals surface area contributed by atoms with Crippen LogP contribution in [0.2, 0.25) is 0 Å². The molecule has 1 heterocycles. The molecular weight excluding hydrogens is 220 g/mol. The van der Waals surface area contributed by atoms with E-state index in [0.29, 0.717) is 12.1 Å². The molecule has 4 heteroatoms. The summed E-state index contributed by atoms with van der Waals surface area (Å²) in [7, 11) is 0. The monoisotopic (exact) mass is 232 g/mol. The van der Waals surface area contributed by atoms with Crippen LogP contribution < -0.4 is 0 Å². The van der Waals surface area contributed by atoms with Gasteiger partial charge in [-0.05, 0) is 19.4 Å². The van der Waals surface area contributed by atoms with Crippen molar-refractivity contribution >= 4 is 17.5 Å². The molecule has 1 aromatic carbocycles. The Morgan fingerprint density at radius 2 is 1.94 bits per heavy atom. The highest BCUT2D eigenvalue weighted by atomic mass is 32.1. The fraction of sp³-hybridized carbons (Fsp3) is 0.250. The molecule has 2 rings (SSSR count). The van der Waals surface area contributed by atoms with Crippen molar-refractivity contribution in [3.05, 3.63) is 46.8 Å². The van der Waals surface area contributed by atoms with Crippen molar-refractivity contribution in [2.75, 3.05) is 0 Å². The number of ketones is 1. The Morgan fingerprint density at radius 3 is 2.50 bits per heavy atom. The van der Waals surface area contributed by atoms with Gasteiger partial charge in [-0.2, -0.15) is 8.75 Å². The molecule has 0 fully saturated rings. The lowest BCUT2D eigenvalue weighted by Gasteiger charge is -2.02. The van der Waals surface area contributed by atoms with Crippen molar-refractivity contribution in [2.45, 2.75) is 20.3 Å². The van der Waals surface area contributed by atoms with Crippen molar-refractivity contribution in [1.29, 1.82) is 0 Å². The van der Waals surface area contributed by atoms with Crippen LogP contribution in [-0.2, 0) is 6.42 Å². The second kappa shape index (κ2) is 4.53. The number of hydrogen-bond donors (Lipinski definition) is 0. The molecule has 0 radical (unpaired) electrons. The summed E-state index contributed by atoms with van der Waals surface area (Å²) >= 11 is 1.06. The second-order valence-electron chi connectivity index (χ2n) is 3.89. The molecule has 0 N–H and O–H groups in total. The Kier molecular flexibility index (Phi) is 3.10. The number of aromatic nitrogens is 2. The van der Waals surface area contributed by atoms with Crippen LogP contribution in [0.15, 0.2) is 24.4 Å². The number of hydrogen-bond acceptors (Lipinski definition) is 4. The average molecular weight is 232 g/mol. The molecule has 0 saturated heterocycles. The largest absolute Gasteiger partial charge is 0.292 e. The lowest BCUT2D eigenvalue weighted by atomic mass is 10.0. The number of nitrogens with zero attached hydrogens (tertiary/aromatic N) is 2. The van der Waals surface area contributed by atoms with Crippen LogP contribution in [0.3, 0.4) is 0 Å². The van der Waals surface area contributed by atoms with Crippen molar-refractivity contribution in [2.24, 2.45) is 0 Å². The summed E-state index contributed by atoms with van der Waals surface area (Å²) in [5.74, 6) is 0.0266. The van der Waals surface area contributed by atoms with Crippen molar-refractivity contribution < 1.29 is 4.79 Å². The van der Waals surface area contributed by atoms with Crippen LogP contribution in [0.4, 0.5) is 0 Å². The third kappa shape index (κ3) is 2.52. The normalized spacial score (nSPS) is 10.4. The average Bonchev–Trinajstić information content (AvgIpc) is 2.68. The van der Waals surface area contributed by atoms with Gasteiger partial charge >= 0.3 is 0 Å². The van der Waals surface area contributed by atoms with Gasteiger partial charge in [-0.25, -0.2) is 0 Å². The smallest absolute Gasteiger partial charge is 0.188 e. The maximum Gasteiger partial charge on any atom is 0.188 e. The zero-order chi connectivity index (χ0) is 11.5. The van der Waals surface area contributed by atoms with E-state index >= 15 is 0 Å². The molecule has 0 atom stereocenters. The standard InChI is InChI=1S/C12H12N2OS/c1-8-3-9(2)5-10(4-8)6-12(15)11-7-13-16-14-11/h3-5,7H,6H2,1-2H3. The van der Waals surface area contributed by atoms with Crippen molar-refractivity contribution in [1.82, 2.24) is 8.75 Å². The number of benzene rings is 1. The summed E-state index contributed by atoms with van der Waals surface area (Å²) in [6.45, 7) is 4.07. The van der Waals surface area contributed by atoms with Gasteiger partial charge in [-0.1, -0.05) is 29.3 Å². The van der Waals surface area contributed by atoms with Crippen LogP contribution in [0.25, 0.3) is 0 Å². The minimum Gasteiger partial charge on any atom is -0.292 e.